The van der Waals surface area contributed by atoms with Gasteiger partial charge in [0.1, 0.15) is 17.4 Å². The Morgan fingerprint density at radius 3 is 3.00 bits per heavy atom. The molecule has 2 aromatic rings. The van der Waals surface area contributed by atoms with E-state index in [1.54, 1.807) is 17.2 Å². The van der Waals surface area contributed by atoms with Gasteiger partial charge in [-0.3, -0.25) is 0 Å². The predicted octanol–water partition coefficient (Wildman–Crippen LogP) is 3.52. The van der Waals surface area contributed by atoms with Gasteiger partial charge >= 0.3 is 6.09 Å². The number of nitrogens with one attached hydrogen (secondary N) is 1. The number of amides is 1. The Balaban J connectivity index is 1.77. The summed E-state index contributed by atoms with van der Waals surface area (Å²) >= 11 is 6.18. The molecule has 1 unspecified atom stereocenters. The van der Waals surface area contributed by atoms with E-state index in [1.807, 2.05) is 26.8 Å². The quantitative estimate of drug-likeness (QED) is 0.864. The average molecular weight is 338 g/mol. The molecule has 6 nitrogen and oxygen atoms in total. The zero-order valence-electron chi connectivity index (χ0n) is 13.4. The third-order valence-corrected chi connectivity index (χ3v) is 3.89. The van der Waals surface area contributed by atoms with Crippen LogP contribution >= 0.6 is 11.6 Å². The molecular formula is C16H20ClN3O3. The smallest absolute Gasteiger partial charge is 0.410 e. The summed E-state index contributed by atoms with van der Waals surface area (Å²) in [7, 11) is 0. The van der Waals surface area contributed by atoms with Gasteiger partial charge in [-0.05, 0) is 32.9 Å². The lowest BCUT2D eigenvalue weighted by Crippen LogP contribution is -2.44. The van der Waals surface area contributed by atoms with Crippen molar-refractivity contribution in [3.63, 3.8) is 0 Å². The number of hydrogen-bond acceptors (Lipinski definition) is 4. The molecule has 3 heterocycles. The highest BCUT2D eigenvalue weighted by molar-refractivity contribution is 6.35. The van der Waals surface area contributed by atoms with E-state index in [4.69, 9.17) is 21.1 Å². The molecule has 0 radical (unpaired) electrons. The molecule has 2 aromatic heterocycles. The summed E-state index contributed by atoms with van der Waals surface area (Å²) < 4.78 is 11.2. The Hall–Kier alpha value is -1.79. The minimum Gasteiger partial charge on any atom is -0.444 e. The van der Waals surface area contributed by atoms with Crippen LogP contribution in [0.1, 0.15) is 32.6 Å². The van der Waals surface area contributed by atoms with Crippen molar-refractivity contribution >= 4 is 28.7 Å². The van der Waals surface area contributed by atoms with Gasteiger partial charge in [-0.15, -0.1) is 0 Å². The third kappa shape index (κ3) is 3.59. The predicted molar refractivity (Wildman–Crippen MR) is 87.6 cm³/mol. The number of hydrogen-bond donors (Lipinski definition) is 1. The van der Waals surface area contributed by atoms with Gasteiger partial charge in [0.2, 0.25) is 0 Å². The van der Waals surface area contributed by atoms with E-state index in [0.717, 1.165) is 11.1 Å². The number of halogens is 1. The Labute approximate surface area is 139 Å². The topological polar surface area (TPSA) is 67.4 Å². The largest absolute Gasteiger partial charge is 0.444 e. The van der Waals surface area contributed by atoms with Crippen molar-refractivity contribution in [1.29, 1.82) is 0 Å². The highest BCUT2D eigenvalue weighted by atomic mass is 35.5. The zero-order chi connectivity index (χ0) is 16.6. The third-order valence-electron chi connectivity index (χ3n) is 3.56. The minimum atomic E-state index is -0.510. The Kier molecular flexibility index (Phi) is 4.21. The molecule has 1 aliphatic rings. The Morgan fingerprint density at radius 2 is 2.30 bits per heavy atom. The second-order valence-corrected chi connectivity index (χ2v) is 6.97. The van der Waals surface area contributed by atoms with Crippen molar-refractivity contribution in [3.05, 3.63) is 29.0 Å². The monoisotopic (exact) mass is 337 g/mol. The van der Waals surface area contributed by atoms with E-state index in [-0.39, 0.29) is 12.2 Å². The molecule has 1 fully saturated rings. The second-order valence-electron chi connectivity index (χ2n) is 6.57. The molecule has 1 saturated heterocycles. The molecule has 1 aliphatic heterocycles. The van der Waals surface area contributed by atoms with Crippen LogP contribution < -0.4 is 0 Å². The maximum atomic E-state index is 12.2. The van der Waals surface area contributed by atoms with Gasteiger partial charge in [0.15, 0.2) is 0 Å². The molecule has 23 heavy (non-hydrogen) atoms. The van der Waals surface area contributed by atoms with Gasteiger partial charge < -0.3 is 19.4 Å². The fourth-order valence-electron chi connectivity index (χ4n) is 2.52. The lowest BCUT2D eigenvalue weighted by atomic mass is 10.2. The van der Waals surface area contributed by atoms with E-state index in [1.165, 1.54) is 0 Å². The molecule has 0 aliphatic carbocycles. The summed E-state index contributed by atoms with van der Waals surface area (Å²) in [5.41, 5.74) is 1.06. The van der Waals surface area contributed by atoms with Crippen LogP contribution in [0.25, 0.3) is 11.0 Å². The van der Waals surface area contributed by atoms with E-state index in [9.17, 15) is 4.79 Å². The number of carbonyl (C=O) groups excluding carboxylic acids is 1. The SMILES string of the molecule is CC(C)(C)OC(=O)N1CCOC(c2cc3c(Cl)ccnc3[nH]2)C1. The molecule has 1 N–H and O–H groups in total. The molecule has 124 valence electrons. The minimum absolute atomic E-state index is 0.249. The normalized spacial score (nSPS) is 19.1. The number of carbonyl (C=O) groups is 1. The first-order valence-corrected chi connectivity index (χ1v) is 7.94. The summed E-state index contributed by atoms with van der Waals surface area (Å²) in [5, 5.41) is 1.49. The van der Waals surface area contributed by atoms with Crippen LogP contribution in [0, 0.1) is 0 Å². The molecule has 7 heteroatoms. The highest BCUT2D eigenvalue weighted by Gasteiger charge is 2.29. The molecule has 0 saturated carbocycles. The number of rotatable bonds is 1. The summed E-state index contributed by atoms with van der Waals surface area (Å²) in [6.07, 6.45) is 1.08. The maximum Gasteiger partial charge on any atom is 0.410 e. The van der Waals surface area contributed by atoms with Crippen molar-refractivity contribution in [1.82, 2.24) is 14.9 Å². The van der Waals surface area contributed by atoms with Gasteiger partial charge in [-0.2, -0.15) is 0 Å². The first-order valence-electron chi connectivity index (χ1n) is 7.56. The van der Waals surface area contributed by atoms with Crippen LogP contribution in [0.15, 0.2) is 18.3 Å². The van der Waals surface area contributed by atoms with Crippen LogP contribution in [-0.4, -0.2) is 46.3 Å². The summed E-state index contributed by atoms with van der Waals surface area (Å²) in [4.78, 5) is 21.4. The van der Waals surface area contributed by atoms with E-state index >= 15 is 0 Å². The molecular weight excluding hydrogens is 318 g/mol. The van der Waals surface area contributed by atoms with Gasteiger partial charge in [0, 0.05) is 23.8 Å². The number of aromatic amines is 1. The van der Waals surface area contributed by atoms with Crippen molar-refractivity contribution in [2.75, 3.05) is 19.7 Å². The van der Waals surface area contributed by atoms with Gasteiger partial charge in [-0.25, -0.2) is 9.78 Å². The number of ether oxygens (including phenoxy) is 2. The summed E-state index contributed by atoms with van der Waals surface area (Å²) in [6.45, 7) is 6.97. The highest BCUT2D eigenvalue weighted by Crippen LogP contribution is 2.28. The van der Waals surface area contributed by atoms with Crippen LogP contribution in [-0.2, 0) is 9.47 Å². The van der Waals surface area contributed by atoms with Crippen LogP contribution in [0.5, 0.6) is 0 Å². The second kappa shape index (κ2) is 6.02. The van der Waals surface area contributed by atoms with Gasteiger partial charge in [0.25, 0.3) is 0 Å². The van der Waals surface area contributed by atoms with Gasteiger partial charge in [-0.1, -0.05) is 11.6 Å². The molecule has 0 aromatic carbocycles. The van der Waals surface area contributed by atoms with Crippen molar-refractivity contribution in [3.8, 4) is 0 Å². The summed E-state index contributed by atoms with van der Waals surface area (Å²) in [6, 6.07) is 3.67. The van der Waals surface area contributed by atoms with E-state index in [2.05, 4.69) is 9.97 Å². The fraction of sp³-hybridized carbons (Fsp3) is 0.500. The van der Waals surface area contributed by atoms with E-state index < -0.39 is 5.60 Å². The molecule has 1 amide bonds. The van der Waals surface area contributed by atoms with Crippen molar-refractivity contribution in [2.24, 2.45) is 0 Å². The van der Waals surface area contributed by atoms with Crippen LogP contribution in [0.4, 0.5) is 4.79 Å². The summed E-state index contributed by atoms with van der Waals surface area (Å²) in [5.74, 6) is 0. The Bertz CT molecular complexity index is 723. The number of aromatic nitrogens is 2. The molecule has 1 atom stereocenters. The average Bonchev–Trinajstić information content (AvgIpc) is 2.91. The molecule has 0 spiro atoms. The fourth-order valence-corrected chi connectivity index (χ4v) is 2.72. The van der Waals surface area contributed by atoms with Crippen molar-refractivity contribution in [2.45, 2.75) is 32.5 Å². The number of fused-ring (bicyclic) bond motifs is 1. The molecule has 0 bridgehead atoms. The Morgan fingerprint density at radius 1 is 1.52 bits per heavy atom. The van der Waals surface area contributed by atoms with E-state index in [0.29, 0.717) is 30.4 Å². The number of H-pyrrole nitrogens is 1. The van der Waals surface area contributed by atoms with Gasteiger partial charge in [0.05, 0.1) is 18.2 Å². The first kappa shape index (κ1) is 16.1. The lowest BCUT2D eigenvalue weighted by Gasteiger charge is -2.33. The standard InChI is InChI=1S/C16H20ClN3O3/c1-16(2,3)23-15(21)20-6-7-22-13(9-20)12-8-10-11(17)4-5-18-14(10)19-12/h4-5,8,13H,6-7,9H2,1-3H3,(H,18,19). The maximum absolute atomic E-state index is 12.2. The first-order chi connectivity index (χ1) is 10.8. The zero-order valence-corrected chi connectivity index (χ0v) is 14.2. The van der Waals surface area contributed by atoms with Crippen molar-refractivity contribution < 1.29 is 14.3 Å². The number of morpholine rings is 1. The van der Waals surface area contributed by atoms with Crippen LogP contribution in [0.3, 0.4) is 0 Å². The molecule has 3 rings (SSSR count). The lowest BCUT2D eigenvalue weighted by molar-refractivity contribution is -0.0444. The number of pyridine rings is 1. The van der Waals surface area contributed by atoms with Crippen LogP contribution in [0.2, 0.25) is 5.02 Å². The number of nitrogens with zero attached hydrogens (tertiary/aromatic N) is 2.